The quantitative estimate of drug-likeness (QED) is 0.380. The number of fused-ring (bicyclic) bond motifs is 4. The van der Waals surface area contributed by atoms with Crippen LogP contribution in [-0.4, -0.2) is 79.5 Å². The number of carboxylic acids is 2. The Bertz CT molecular complexity index is 1440. The van der Waals surface area contributed by atoms with E-state index in [1.54, 1.807) is 12.3 Å². The summed E-state index contributed by atoms with van der Waals surface area (Å²) in [5, 5.41) is 14.2. The maximum Gasteiger partial charge on any atom is 0.490 e. The summed E-state index contributed by atoms with van der Waals surface area (Å²) in [6.07, 6.45) is -2.56. The Morgan fingerprint density at radius 2 is 1.52 bits per heavy atom. The lowest BCUT2D eigenvalue weighted by Crippen LogP contribution is -2.53. The monoisotopic (exact) mass is 629 g/mol. The Labute approximate surface area is 247 Å². The fourth-order valence-corrected chi connectivity index (χ4v) is 4.87. The molecule has 0 aromatic carbocycles. The van der Waals surface area contributed by atoms with Gasteiger partial charge in [-0.15, -0.1) is 0 Å². The molecule has 2 aliphatic rings. The van der Waals surface area contributed by atoms with Gasteiger partial charge in [0.2, 0.25) is 0 Å². The first-order valence-electron chi connectivity index (χ1n) is 13.2. The van der Waals surface area contributed by atoms with Crippen molar-refractivity contribution in [2.45, 2.75) is 44.6 Å². The number of alkyl halides is 6. The number of anilines is 1. The van der Waals surface area contributed by atoms with Crippen molar-refractivity contribution in [1.82, 2.24) is 19.4 Å². The van der Waals surface area contributed by atoms with Crippen LogP contribution >= 0.6 is 0 Å². The van der Waals surface area contributed by atoms with Crippen molar-refractivity contribution in [2.75, 3.05) is 24.5 Å². The smallest absolute Gasteiger partial charge is 0.475 e. The van der Waals surface area contributed by atoms with Crippen LogP contribution in [0.4, 0.5) is 32.0 Å². The second-order valence-corrected chi connectivity index (χ2v) is 10.3. The van der Waals surface area contributed by atoms with Crippen LogP contribution in [0.2, 0.25) is 0 Å². The zero-order valence-corrected chi connectivity index (χ0v) is 23.5. The highest BCUT2D eigenvalue weighted by molar-refractivity contribution is 5.92. The molecule has 1 spiro atoms. The van der Waals surface area contributed by atoms with Gasteiger partial charge in [0, 0.05) is 38.2 Å². The molecule has 3 aromatic rings. The third kappa shape index (κ3) is 7.65. The maximum absolute atomic E-state index is 13.2. The van der Waals surface area contributed by atoms with Crippen LogP contribution in [0.3, 0.4) is 0 Å². The van der Waals surface area contributed by atoms with Crippen LogP contribution < -0.4 is 4.90 Å². The first-order valence-corrected chi connectivity index (χ1v) is 13.2. The Balaban J connectivity index is 0.000000317. The summed E-state index contributed by atoms with van der Waals surface area (Å²) >= 11 is 0. The van der Waals surface area contributed by atoms with Gasteiger partial charge in [-0.25, -0.2) is 14.6 Å². The summed E-state index contributed by atoms with van der Waals surface area (Å²) in [5.41, 5.74) is 2.62. The van der Waals surface area contributed by atoms with E-state index in [1.165, 1.54) is 5.69 Å². The van der Waals surface area contributed by atoms with Gasteiger partial charge < -0.3 is 24.6 Å². The summed E-state index contributed by atoms with van der Waals surface area (Å²) in [7, 11) is 0. The Morgan fingerprint density at radius 3 is 2.07 bits per heavy atom. The van der Waals surface area contributed by atoms with Crippen LogP contribution in [0.5, 0.6) is 0 Å². The van der Waals surface area contributed by atoms with Crippen LogP contribution in [0.15, 0.2) is 61.1 Å². The molecule has 5 rings (SSSR count). The first kappa shape index (κ1) is 33.9. The highest BCUT2D eigenvalue weighted by Gasteiger charge is 2.50. The zero-order valence-electron chi connectivity index (χ0n) is 23.5. The topological polar surface area (TPSA) is 129 Å². The van der Waals surface area contributed by atoms with E-state index < -0.39 is 24.3 Å². The molecule has 1 fully saturated rings. The second kappa shape index (κ2) is 13.3. The largest absolute Gasteiger partial charge is 0.490 e. The van der Waals surface area contributed by atoms with Gasteiger partial charge in [-0.3, -0.25) is 9.78 Å². The van der Waals surface area contributed by atoms with Gasteiger partial charge in [-0.05, 0) is 55.2 Å². The number of carbonyl (C=O) groups excluding carboxylic acids is 1. The van der Waals surface area contributed by atoms with Gasteiger partial charge in [0.15, 0.2) is 5.82 Å². The minimum Gasteiger partial charge on any atom is -0.475 e. The molecule has 0 radical (unpaired) electrons. The summed E-state index contributed by atoms with van der Waals surface area (Å²) in [4.78, 5) is 44.4. The zero-order chi connectivity index (χ0) is 32.9. The number of nitrogens with zero attached hydrogens (tertiary/aromatic N) is 5. The number of amides is 1. The number of aliphatic carboxylic acids is 2. The van der Waals surface area contributed by atoms with Crippen LogP contribution in [0.1, 0.15) is 42.9 Å². The maximum atomic E-state index is 13.2. The molecular formula is C28H29F6N5O5. The molecule has 2 N–H and O–H groups in total. The normalized spacial score (nSPS) is 17.2. The SMILES string of the molecule is CC(C)CCN1c2cccnc2-n2cccc2C12CCN(C(=O)c1ccccn1)C2.O=C(O)C(F)(F)F.O=C(O)C(F)(F)F. The van der Waals surface area contributed by atoms with E-state index in [1.807, 2.05) is 29.3 Å². The lowest BCUT2D eigenvalue weighted by atomic mass is 9.88. The Hall–Kier alpha value is -4.63. The summed E-state index contributed by atoms with van der Waals surface area (Å²) in [6.45, 7) is 6.82. The van der Waals surface area contributed by atoms with Crippen molar-refractivity contribution in [3.63, 3.8) is 0 Å². The van der Waals surface area contributed by atoms with Gasteiger partial charge in [-0.2, -0.15) is 26.3 Å². The van der Waals surface area contributed by atoms with Crippen molar-refractivity contribution >= 4 is 23.5 Å². The second-order valence-electron chi connectivity index (χ2n) is 10.3. The number of rotatable bonds is 4. The lowest BCUT2D eigenvalue weighted by Gasteiger charge is -2.47. The molecule has 3 aromatic heterocycles. The third-order valence-electron chi connectivity index (χ3n) is 6.86. The lowest BCUT2D eigenvalue weighted by molar-refractivity contribution is -0.193. The van der Waals surface area contributed by atoms with Crippen molar-refractivity contribution in [1.29, 1.82) is 0 Å². The average Bonchev–Trinajstić information content (AvgIpc) is 3.62. The highest BCUT2D eigenvalue weighted by atomic mass is 19.4. The molecule has 2 aliphatic heterocycles. The van der Waals surface area contributed by atoms with Gasteiger partial charge in [-0.1, -0.05) is 19.9 Å². The van der Waals surface area contributed by atoms with E-state index >= 15 is 0 Å². The minimum absolute atomic E-state index is 0.00590. The Kier molecular flexibility index (Phi) is 10.3. The van der Waals surface area contributed by atoms with Gasteiger partial charge in [0.25, 0.3) is 5.91 Å². The number of likely N-dealkylation sites (tertiary alicyclic amines) is 1. The molecular weight excluding hydrogens is 600 g/mol. The number of aromatic nitrogens is 3. The summed E-state index contributed by atoms with van der Waals surface area (Å²) in [6, 6.07) is 14.0. The molecule has 1 amide bonds. The predicted molar refractivity (Wildman–Crippen MR) is 144 cm³/mol. The van der Waals surface area contributed by atoms with Crippen molar-refractivity contribution in [3.05, 3.63) is 72.4 Å². The molecule has 5 heterocycles. The highest BCUT2D eigenvalue weighted by Crippen LogP contribution is 2.47. The van der Waals surface area contributed by atoms with E-state index in [2.05, 4.69) is 52.7 Å². The van der Waals surface area contributed by atoms with E-state index in [4.69, 9.17) is 24.8 Å². The van der Waals surface area contributed by atoms with Crippen LogP contribution in [0.25, 0.3) is 5.82 Å². The Morgan fingerprint density at radius 1 is 0.909 bits per heavy atom. The van der Waals surface area contributed by atoms with Crippen LogP contribution in [0, 0.1) is 5.92 Å². The molecule has 10 nitrogen and oxygen atoms in total. The number of hydrogen-bond acceptors (Lipinski definition) is 6. The number of carbonyl (C=O) groups is 3. The summed E-state index contributed by atoms with van der Waals surface area (Å²) < 4.78 is 65.7. The predicted octanol–water partition coefficient (Wildman–Crippen LogP) is 5.14. The molecule has 16 heteroatoms. The van der Waals surface area contributed by atoms with Gasteiger partial charge in [0.1, 0.15) is 11.2 Å². The van der Waals surface area contributed by atoms with E-state index in [0.717, 1.165) is 30.9 Å². The van der Waals surface area contributed by atoms with E-state index in [9.17, 15) is 31.1 Å². The van der Waals surface area contributed by atoms with Crippen LogP contribution in [-0.2, 0) is 15.1 Å². The number of halogens is 6. The van der Waals surface area contributed by atoms with Crippen molar-refractivity contribution in [2.24, 2.45) is 5.92 Å². The van der Waals surface area contributed by atoms with Crippen molar-refractivity contribution in [3.8, 4) is 5.82 Å². The minimum atomic E-state index is -5.08. The number of hydrogen-bond donors (Lipinski definition) is 2. The van der Waals surface area contributed by atoms with Gasteiger partial charge >= 0.3 is 24.3 Å². The molecule has 1 saturated heterocycles. The fourth-order valence-electron chi connectivity index (χ4n) is 4.87. The molecule has 0 saturated carbocycles. The summed E-state index contributed by atoms with van der Waals surface area (Å²) in [5.74, 6) is -3.93. The molecule has 1 unspecified atom stereocenters. The standard InChI is InChI=1S/C24H27N5O.2C2HF3O2/c1-18(2)10-15-29-20-8-5-13-26-22(20)28-14-6-9-21(28)24(29)11-16-27(17-24)23(30)19-7-3-4-12-25-19;2*3-2(4,5)1(6)7/h3-9,12-14,18H,10-11,15-17H2,1-2H3;2*(H,6,7). The van der Waals surface area contributed by atoms with Crippen molar-refractivity contribution < 1.29 is 50.9 Å². The molecule has 0 bridgehead atoms. The molecule has 0 aliphatic carbocycles. The van der Waals surface area contributed by atoms with E-state index in [0.29, 0.717) is 24.7 Å². The number of carboxylic acid groups (broad SMARTS) is 2. The van der Waals surface area contributed by atoms with E-state index in [-0.39, 0.29) is 11.4 Å². The molecule has 44 heavy (non-hydrogen) atoms. The number of pyridine rings is 2. The third-order valence-corrected chi connectivity index (χ3v) is 6.86. The molecule has 238 valence electrons. The molecule has 1 atom stereocenters. The average molecular weight is 630 g/mol. The first-order chi connectivity index (χ1) is 20.5. The van der Waals surface area contributed by atoms with Gasteiger partial charge in [0.05, 0.1) is 11.4 Å². The fraction of sp³-hybridized carbons (Fsp3) is 0.393.